The molecule has 2 heterocycles. The predicted molar refractivity (Wildman–Crippen MR) is 112 cm³/mol. The Morgan fingerprint density at radius 1 is 1.00 bits per heavy atom. The average molecular weight is 380 g/mol. The van der Waals surface area contributed by atoms with Crippen LogP contribution in [0.5, 0.6) is 5.75 Å². The van der Waals surface area contributed by atoms with Crippen LogP contribution in [0.3, 0.4) is 0 Å². The van der Waals surface area contributed by atoms with E-state index in [4.69, 9.17) is 4.74 Å². The molecule has 0 aliphatic carbocycles. The summed E-state index contributed by atoms with van der Waals surface area (Å²) in [7, 11) is 3.71. The highest BCUT2D eigenvalue weighted by Crippen LogP contribution is 2.31. The molecule has 0 radical (unpaired) electrons. The van der Waals surface area contributed by atoms with Gasteiger partial charge >= 0.3 is 0 Å². The van der Waals surface area contributed by atoms with E-state index < -0.39 is 0 Å². The highest BCUT2D eigenvalue weighted by atomic mass is 16.5. The zero-order valence-corrected chi connectivity index (χ0v) is 16.8. The molecule has 5 nitrogen and oxygen atoms in total. The molecule has 2 aliphatic heterocycles. The molecule has 1 amide bonds. The first kappa shape index (κ1) is 18.8. The number of hydrogen-bond donors (Lipinski definition) is 0. The molecule has 1 unspecified atom stereocenters. The quantitative estimate of drug-likeness (QED) is 0.772. The summed E-state index contributed by atoms with van der Waals surface area (Å²) in [5.41, 5.74) is 3.69. The lowest BCUT2D eigenvalue weighted by Gasteiger charge is -2.29. The Hall–Kier alpha value is -2.53. The van der Waals surface area contributed by atoms with E-state index in [1.165, 1.54) is 29.7 Å². The van der Waals surface area contributed by atoms with E-state index in [9.17, 15) is 4.79 Å². The van der Waals surface area contributed by atoms with Crippen molar-refractivity contribution in [1.29, 1.82) is 0 Å². The molecular weight excluding hydrogens is 350 g/mol. The molecule has 2 saturated heterocycles. The van der Waals surface area contributed by atoms with Gasteiger partial charge in [-0.25, -0.2) is 0 Å². The molecule has 2 fully saturated rings. The molecule has 148 valence electrons. The number of amides is 1. The maximum Gasteiger partial charge on any atom is 0.238 e. The van der Waals surface area contributed by atoms with Gasteiger partial charge in [0.2, 0.25) is 5.91 Å². The molecule has 0 N–H and O–H groups in total. The van der Waals surface area contributed by atoms with Crippen molar-refractivity contribution >= 4 is 11.6 Å². The second kappa shape index (κ2) is 8.23. The molecule has 5 heteroatoms. The van der Waals surface area contributed by atoms with E-state index in [0.29, 0.717) is 13.1 Å². The predicted octanol–water partition coefficient (Wildman–Crippen LogP) is 3.31. The third kappa shape index (κ3) is 3.85. The van der Waals surface area contributed by atoms with Crippen LogP contribution in [0, 0.1) is 0 Å². The highest BCUT2D eigenvalue weighted by molar-refractivity contribution is 5.81. The largest absolute Gasteiger partial charge is 0.497 e. The standard InChI is InChI=1S/C23H29N3O2/c1-24-17-22(27)26(16-13-18-5-11-21(28-2)12-6-18)23(24)19-7-9-20(10-8-19)25-14-3-4-15-25/h5-12,23H,3-4,13-17H2,1-2H3. The molecular formula is C23H29N3O2. The van der Waals surface area contributed by atoms with Crippen LogP contribution in [0.15, 0.2) is 48.5 Å². The van der Waals surface area contributed by atoms with Crippen molar-refractivity contribution in [3.63, 3.8) is 0 Å². The highest BCUT2D eigenvalue weighted by Gasteiger charge is 2.36. The van der Waals surface area contributed by atoms with Gasteiger partial charge in [-0.05, 0) is 61.7 Å². The zero-order valence-electron chi connectivity index (χ0n) is 16.8. The third-order valence-corrected chi connectivity index (χ3v) is 5.88. The fourth-order valence-electron chi connectivity index (χ4n) is 4.32. The average Bonchev–Trinajstić information content (AvgIpc) is 3.35. The Labute approximate surface area is 167 Å². The number of likely N-dealkylation sites (N-methyl/N-ethyl adjacent to an activating group) is 1. The van der Waals surface area contributed by atoms with Gasteiger partial charge in [-0.15, -0.1) is 0 Å². The number of carbonyl (C=O) groups is 1. The maximum absolute atomic E-state index is 12.6. The van der Waals surface area contributed by atoms with Gasteiger partial charge < -0.3 is 14.5 Å². The molecule has 0 saturated carbocycles. The van der Waals surface area contributed by atoms with Crippen LogP contribution in [0.2, 0.25) is 0 Å². The lowest BCUT2D eigenvalue weighted by molar-refractivity contribution is -0.128. The minimum Gasteiger partial charge on any atom is -0.497 e. The molecule has 2 aliphatic rings. The first-order valence-electron chi connectivity index (χ1n) is 10.1. The van der Waals surface area contributed by atoms with Gasteiger partial charge in [0, 0.05) is 25.3 Å². The molecule has 2 aromatic carbocycles. The number of hydrogen-bond acceptors (Lipinski definition) is 4. The van der Waals surface area contributed by atoms with Crippen molar-refractivity contribution in [1.82, 2.24) is 9.80 Å². The molecule has 0 aromatic heterocycles. The van der Waals surface area contributed by atoms with Gasteiger partial charge in [-0.2, -0.15) is 0 Å². The summed E-state index contributed by atoms with van der Waals surface area (Å²) in [5.74, 6) is 1.06. The summed E-state index contributed by atoms with van der Waals surface area (Å²) in [6.45, 7) is 3.49. The van der Waals surface area contributed by atoms with E-state index >= 15 is 0 Å². The van der Waals surface area contributed by atoms with E-state index in [0.717, 1.165) is 25.3 Å². The van der Waals surface area contributed by atoms with Crippen LogP contribution in [0.4, 0.5) is 5.69 Å². The second-order valence-electron chi connectivity index (χ2n) is 7.76. The first-order chi connectivity index (χ1) is 13.7. The van der Waals surface area contributed by atoms with Gasteiger partial charge in [-0.3, -0.25) is 9.69 Å². The molecule has 2 aromatic rings. The monoisotopic (exact) mass is 379 g/mol. The Balaban J connectivity index is 1.46. The lowest BCUT2D eigenvalue weighted by atomic mass is 10.1. The summed E-state index contributed by atoms with van der Waals surface area (Å²) in [6.07, 6.45) is 3.41. The number of anilines is 1. The molecule has 28 heavy (non-hydrogen) atoms. The minimum absolute atomic E-state index is 0.0124. The molecule has 0 spiro atoms. The van der Waals surface area contributed by atoms with Crippen LogP contribution in [-0.4, -0.2) is 56.0 Å². The van der Waals surface area contributed by atoms with E-state index in [1.54, 1.807) is 7.11 Å². The Morgan fingerprint density at radius 3 is 2.32 bits per heavy atom. The van der Waals surface area contributed by atoms with Gasteiger partial charge in [0.05, 0.1) is 13.7 Å². The van der Waals surface area contributed by atoms with Crippen molar-refractivity contribution in [3.8, 4) is 5.75 Å². The van der Waals surface area contributed by atoms with Gasteiger partial charge in [0.15, 0.2) is 0 Å². The van der Waals surface area contributed by atoms with E-state index in [2.05, 4.69) is 46.2 Å². The molecule has 0 bridgehead atoms. The van der Waals surface area contributed by atoms with Crippen LogP contribution >= 0.6 is 0 Å². The topological polar surface area (TPSA) is 36.0 Å². The number of carbonyl (C=O) groups excluding carboxylic acids is 1. The summed E-state index contributed by atoms with van der Waals surface area (Å²) in [6, 6.07) is 16.9. The number of methoxy groups -OCH3 is 1. The van der Waals surface area contributed by atoms with Gasteiger partial charge in [0.1, 0.15) is 11.9 Å². The van der Waals surface area contributed by atoms with E-state index in [-0.39, 0.29) is 12.1 Å². The SMILES string of the molecule is COc1ccc(CCN2C(=O)CN(C)C2c2ccc(N3CCCC3)cc2)cc1. The van der Waals surface area contributed by atoms with Crippen molar-refractivity contribution in [2.24, 2.45) is 0 Å². The van der Waals surface area contributed by atoms with Crippen LogP contribution in [-0.2, 0) is 11.2 Å². The summed E-state index contributed by atoms with van der Waals surface area (Å²) >= 11 is 0. The smallest absolute Gasteiger partial charge is 0.238 e. The fourth-order valence-corrected chi connectivity index (χ4v) is 4.32. The summed E-state index contributed by atoms with van der Waals surface area (Å²) in [4.78, 5) is 19.2. The van der Waals surface area contributed by atoms with Crippen LogP contribution in [0.1, 0.15) is 30.1 Å². The number of ether oxygens (including phenoxy) is 1. The number of benzene rings is 2. The summed E-state index contributed by atoms with van der Waals surface area (Å²) < 4.78 is 5.22. The van der Waals surface area contributed by atoms with Gasteiger partial charge in [-0.1, -0.05) is 24.3 Å². The van der Waals surface area contributed by atoms with E-state index in [1.807, 2.05) is 24.1 Å². The number of nitrogens with zero attached hydrogens (tertiary/aromatic N) is 3. The third-order valence-electron chi connectivity index (χ3n) is 5.88. The summed E-state index contributed by atoms with van der Waals surface area (Å²) in [5, 5.41) is 0. The fraction of sp³-hybridized carbons (Fsp3) is 0.435. The van der Waals surface area contributed by atoms with Crippen molar-refractivity contribution in [3.05, 3.63) is 59.7 Å². The van der Waals surface area contributed by atoms with Crippen molar-refractivity contribution < 1.29 is 9.53 Å². The number of rotatable bonds is 6. The molecule has 1 atom stereocenters. The lowest BCUT2D eigenvalue weighted by Crippen LogP contribution is -2.32. The van der Waals surface area contributed by atoms with Crippen LogP contribution < -0.4 is 9.64 Å². The Kier molecular flexibility index (Phi) is 5.53. The van der Waals surface area contributed by atoms with Gasteiger partial charge in [0.25, 0.3) is 0 Å². The zero-order chi connectivity index (χ0) is 19.5. The second-order valence-corrected chi connectivity index (χ2v) is 7.76. The minimum atomic E-state index is 0.0124. The normalized spacial score (nSPS) is 20.2. The van der Waals surface area contributed by atoms with Crippen LogP contribution in [0.25, 0.3) is 0 Å². The molecule has 4 rings (SSSR count). The van der Waals surface area contributed by atoms with Crippen molar-refractivity contribution in [2.45, 2.75) is 25.4 Å². The maximum atomic E-state index is 12.6. The first-order valence-corrected chi connectivity index (χ1v) is 10.1. The Bertz CT molecular complexity index is 798. The Morgan fingerprint density at radius 2 is 1.68 bits per heavy atom. The van der Waals surface area contributed by atoms with Crippen molar-refractivity contribution in [2.75, 3.05) is 45.2 Å².